The van der Waals surface area contributed by atoms with Crippen molar-refractivity contribution in [1.29, 1.82) is 0 Å². The number of benzene rings is 1. The molecule has 15 heavy (non-hydrogen) atoms. The third-order valence-electron chi connectivity index (χ3n) is 2.17. The fraction of sp³-hybridized carbons (Fsp3) is 0.538. The van der Waals surface area contributed by atoms with Gasteiger partial charge in [-0.2, -0.15) is 0 Å². The summed E-state index contributed by atoms with van der Waals surface area (Å²) >= 11 is 0. The molecule has 2 heteroatoms. The van der Waals surface area contributed by atoms with Crippen LogP contribution in [0.2, 0.25) is 0 Å². The van der Waals surface area contributed by atoms with E-state index < -0.39 is 0 Å². The largest absolute Gasteiger partial charge is 0.488 e. The SMILES string of the molecule is CC[C@@H](N)c1ccccc1OC(C)(C)C. The van der Waals surface area contributed by atoms with Gasteiger partial charge in [0.15, 0.2) is 0 Å². The van der Waals surface area contributed by atoms with E-state index in [-0.39, 0.29) is 11.6 Å². The Labute approximate surface area is 92.4 Å². The topological polar surface area (TPSA) is 35.2 Å². The first kappa shape index (κ1) is 12.1. The molecule has 0 bridgehead atoms. The monoisotopic (exact) mass is 207 g/mol. The number of para-hydroxylation sites is 1. The molecule has 0 aliphatic carbocycles. The van der Waals surface area contributed by atoms with E-state index >= 15 is 0 Å². The van der Waals surface area contributed by atoms with Crippen molar-refractivity contribution >= 4 is 0 Å². The highest BCUT2D eigenvalue weighted by atomic mass is 16.5. The molecule has 1 aromatic carbocycles. The maximum absolute atomic E-state index is 6.03. The lowest BCUT2D eigenvalue weighted by Gasteiger charge is -2.24. The summed E-state index contributed by atoms with van der Waals surface area (Å²) in [5.74, 6) is 0.902. The lowest BCUT2D eigenvalue weighted by molar-refractivity contribution is 0.128. The van der Waals surface area contributed by atoms with E-state index in [1.807, 2.05) is 45.0 Å². The minimum Gasteiger partial charge on any atom is -0.488 e. The van der Waals surface area contributed by atoms with Gasteiger partial charge in [-0.1, -0.05) is 25.1 Å². The molecular formula is C13H21NO. The first-order valence-corrected chi connectivity index (χ1v) is 5.47. The van der Waals surface area contributed by atoms with Crippen LogP contribution in [0.25, 0.3) is 0 Å². The normalized spacial score (nSPS) is 13.7. The Bertz CT molecular complexity index is 315. The molecule has 84 valence electrons. The Hall–Kier alpha value is -1.02. The number of ether oxygens (including phenoxy) is 1. The van der Waals surface area contributed by atoms with Crippen molar-refractivity contribution in [3.05, 3.63) is 29.8 Å². The summed E-state index contributed by atoms with van der Waals surface area (Å²) in [4.78, 5) is 0. The summed E-state index contributed by atoms with van der Waals surface area (Å²) in [5.41, 5.74) is 6.95. The van der Waals surface area contributed by atoms with E-state index in [1.54, 1.807) is 0 Å². The molecule has 0 aliphatic heterocycles. The molecule has 0 fully saturated rings. The molecule has 1 atom stereocenters. The Kier molecular flexibility index (Phi) is 3.75. The van der Waals surface area contributed by atoms with Crippen LogP contribution in [0.5, 0.6) is 5.75 Å². The smallest absolute Gasteiger partial charge is 0.124 e. The van der Waals surface area contributed by atoms with Gasteiger partial charge in [0.1, 0.15) is 11.4 Å². The van der Waals surface area contributed by atoms with Crippen molar-refractivity contribution < 1.29 is 4.74 Å². The fourth-order valence-electron chi connectivity index (χ4n) is 1.43. The van der Waals surface area contributed by atoms with Gasteiger partial charge >= 0.3 is 0 Å². The molecule has 0 saturated heterocycles. The summed E-state index contributed by atoms with van der Waals surface area (Å²) in [6.45, 7) is 8.21. The van der Waals surface area contributed by atoms with E-state index in [0.29, 0.717) is 0 Å². The molecule has 0 aliphatic rings. The predicted octanol–water partition coefficient (Wildman–Crippen LogP) is 3.27. The fourth-order valence-corrected chi connectivity index (χ4v) is 1.43. The van der Waals surface area contributed by atoms with Gasteiger partial charge in [0, 0.05) is 11.6 Å². The van der Waals surface area contributed by atoms with Gasteiger partial charge in [-0.3, -0.25) is 0 Å². The lowest BCUT2D eigenvalue weighted by Crippen LogP contribution is -2.24. The van der Waals surface area contributed by atoms with E-state index in [1.165, 1.54) is 0 Å². The first-order chi connectivity index (χ1) is 6.94. The van der Waals surface area contributed by atoms with Gasteiger partial charge in [-0.25, -0.2) is 0 Å². The summed E-state index contributed by atoms with van der Waals surface area (Å²) in [5, 5.41) is 0. The van der Waals surface area contributed by atoms with E-state index in [4.69, 9.17) is 10.5 Å². The van der Waals surface area contributed by atoms with Crippen LogP contribution >= 0.6 is 0 Å². The molecule has 1 rings (SSSR count). The van der Waals surface area contributed by atoms with Crippen LogP contribution in [0.3, 0.4) is 0 Å². The average molecular weight is 207 g/mol. The average Bonchev–Trinajstić information content (AvgIpc) is 2.15. The van der Waals surface area contributed by atoms with Crippen LogP contribution in [0.1, 0.15) is 45.7 Å². The number of rotatable bonds is 3. The highest BCUT2D eigenvalue weighted by Crippen LogP contribution is 2.28. The molecule has 0 saturated carbocycles. The molecule has 2 N–H and O–H groups in total. The number of hydrogen-bond acceptors (Lipinski definition) is 2. The summed E-state index contributed by atoms with van der Waals surface area (Å²) in [6, 6.07) is 8.06. The molecule has 0 unspecified atom stereocenters. The Morgan fingerprint density at radius 2 is 1.87 bits per heavy atom. The van der Waals surface area contributed by atoms with Crippen molar-refractivity contribution in [2.24, 2.45) is 5.73 Å². The highest BCUT2D eigenvalue weighted by Gasteiger charge is 2.16. The second-order valence-electron chi connectivity index (χ2n) is 4.77. The van der Waals surface area contributed by atoms with Crippen LogP contribution in [0.4, 0.5) is 0 Å². The van der Waals surface area contributed by atoms with Crippen molar-refractivity contribution in [2.45, 2.75) is 45.8 Å². The zero-order valence-electron chi connectivity index (χ0n) is 10.1. The van der Waals surface area contributed by atoms with Gasteiger partial charge in [0.05, 0.1) is 0 Å². The summed E-state index contributed by atoms with van der Waals surface area (Å²) < 4.78 is 5.88. The second kappa shape index (κ2) is 4.67. The van der Waals surface area contributed by atoms with Crippen molar-refractivity contribution in [1.82, 2.24) is 0 Å². The molecular weight excluding hydrogens is 186 g/mol. The van der Waals surface area contributed by atoms with Gasteiger partial charge in [0.2, 0.25) is 0 Å². The molecule has 2 nitrogen and oxygen atoms in total. The zero-order chi connectivity index (χ0) is 11.5. The number of nitrogens with two attached hydrogens (primary N) is 1. The van der Waals surface area contributed by atoms with Gasteiger partial charge in [-0.15, -0.1) is 0 Å². The molecule has 0 amide bonds. The minimum atomic E-state index is -0.177. The highest BCUT2D eigenvalue weighted by molar-refractivity contribution is 5.36. The quantitative estimate of drug-likeness (QED) is 0.825. The Morgan fingerprint density at radius 1 is 1.27 bits per heavy atom. The Balaban J connectivity index is 2.96. The van der Waals surface area contributed by atoms with Crippen molar-refractivity contribution in [2.75, 3.05) is 0 Å². The van der Waals surface area contributed by atoms with Crippen LogP contribution in [0, 0.1) is 0 Å². The minimum absolute atomic E-state index is 0.0588. The summed E-state index contributed by atoms with van der Waals surface area (Å²) in [6.07, 6.45) is 0.921. The van der Waals surface area contributed by atoms with Crippen LogP contribution in [-0.2, 0) is 0 Å². The van der Waals surface area contributed by atoms with Gasteiger partial charge in [0.25, 0.3) is 0 Å². The zero-order valence-corrected chi connectivity index (χ0v) is 10.1. The van der Waals surface area contributed by atoms with Crippen LogP contribution in [0.15, 0.2) is 24.3 Å². The van der Waals surface area contributed by atoms with E-state index in [2.05, 4.69) is 6.92 Å². The molecule has 1 aromatic rings. The third-order valence-corrected chi connectivity index (χ3v) is 2.17. The molecule has 0 aromatic heterocycles. The van der Waals surface area contributed by atoms with Gasteiger partial charge < -0.3 is 10.5 Å². The maximum atomic E-state index is 6.03. The maximum Gasteiger partial charge on any atom is 0.124 e. The molecule has 0 heterocycles. The first-order valence-electron chi connectivity index (χ1n) is 5.47. The summed E-state index contributed by atoms with van der Waals surface area (Å²) in [7, 11) is 0. The van der Waals surface area contributed by atoms with E-state index in [9.17, 15) is 0 Å². The van der Waals surface area contributed by atoms with Crippen molar-refractivity contribution in [3.8, 4) is 5.75 Å². The predicted molar refractivity (Wildman–Crippen MR) is 64.0 cm³/mol. The standard InChI is InChI=1S/C13H21NO/c1-5-11(14)10-8-6-7-9-12(10)15-13(2,3)4/h6-9,11H,5,14H2,1-4H3/t11-/m1/s1. The van der Waals surface area contributed by atoms with E-state index in [0.717, 1.165) is 17.7 Å². The second-order valence-corrected chi connectivity index (χ2v) is 4.77. The molecule has 0 spiro atoms. The van der Waals surface area contributed by atoms with Gasteiger partial charge in [-0.05, 0) is 33.3 Å². The van der Waals surface area contributed by atoms with Crippen LogP contribution in [-0.4, -0.2) is 5.60 Å². The Morgan fingerprint density at radius 3 is 2.40 bits per heavy atom. The third kappa shape index (κ3) is 3.56. The molecule has 0 radical (unpaired) electrons. The lowest BCUT2D eigenvalue weighted by atomic mass is 10.0. The van der Waals surface area contributed by atoms with Crippen LogP contribution < -0.4 is 10.5 Å². The van der Waals surface area contributed by atoms with Crippen molar-refractivity contribution in [3.63, 3.8) is 0 Å². The number of hydrogen-bond donors (Lipinski definition) is 1.